The highest BCUT2D eigenvalue weighted by molar-refractivity contribution is 14.0. The van der Waals surface area contributed by atoms with Gasteiger partial charge in [-0.15, -0.1) is 24.0 Å². The number of carbonyl (C=O) groups excluding carboxylic acids is 1. The molecule has 7 heteroatoms. The minimum atomic E-state index is 0. The molecule has 2 aromatic carbocycles. The fourth-order valence-electron chi connectivity index (χ4n) is 3.50. The summed E-state index contributed by atoms with van der Waals surface area (Å²) in [5.41, 5.74) is 4.28. The summed E-state index contributed by atoms with van der Waals surface area (Å²) in [6, 6.07) is 16.4. The van der Waals surface area contributed by atoms with Crippen LogP contribution < -0.4 is 15.5 Å². The lowest BCUT2D eigenvalue weighted by atomic mass is 10.1. The topological polar surface area (TPSA) is 60.0 Å². The van der Waals surface area contributed by atoms with Gasteiger partial charge in [0.1, 0.15) is 0 Å². The maximum atomic E-state index is 12.2. The van der Waals surface area contributed by atoms with Crippen LogP contribution in [0.15, 0.2) is 65.7 Å². The molecule has 32 heavy (non-hydrogen) atoms. The number of guanidine groups is 1. The number of carbonyl (C=O) groups is 1. The highest BCUT2D eigenvalue weighted by Gasteiger charge is 2.09. The zero-order valence-corrected chi connectivity index (χ0v) is 21.5. The first-order chi connectivity index (χ1) is 15.1. The van der Waals surface area contributed by atoms with E-state index in [0.29, 0.717) is 6.54 Å². The van der Waals surface area contributed by atoms with Crippen LogP contribution >= 0.6 is 24.0 Å². The van der Waals surface area contributed by atoms with Crippen LogP contribution in [0.3, 0.4) is 0 Å². The molecule has 1 aliphatic rings. The molecule has 0 aliphatic carbocycles. The van der Waals surface area contributed by atoms with Crippen molar-refractivity contribution >= 4 is 41.5 Å². The summed E-state index contributed by atoms with van der Waals surface area (Å²) >= 11 is 0. The lowest BCUT2D eigenvalue weighted by molar-refractivity contribution is 0.0827. The molecule has 2 N–H and O–H groups in total. The number of nitrogens with one attached hydrogen (secondary N) is 2. The molecule has 172 valence electrons. The van der Waals surface area contributed by atoms with Gasteiger partial charge in [-0.1, -0.05) is 36.4 Å². The first-order valence-corrected chi connectivity index (χ1v) is 10.9. The molecule has 0 bridgehead atoms. The molecular weight excluding hydrogens is 513 g/mol. The van der Waals surface area contributed by atoms with Gasteiger partial charge < -0.3 is 20.4 Å². The van der Waals surface area contributed by atoms with Gasteiger partial charge in [-0.05, 0) is 48.7 Å². The van der Waals surface area contributed by atoms with Crippen molar-refractivity contribution in [2.24, 2.45) is 4.99 Å². The van der Waals surface area contributed by atoms with Crippen LogP contribution in [0.5, 0.6) is 0 Å². The Labute approximate surface area is 208 Å². The van der Waals surface area contributed by atoms with Crippen molar-refractivity contribution in [2.45, 2.75) is 19.9 Å². The number of halogens is 1. The van der Waals surface area contributed by atoms with Gasteiger partial charge in [0.05, 0.1) is 6.54 Å². The maximum absolute atomic E-state index is 12.2. The maximum Gasteiger partial charge on any atom is 0.253 e. The van der Waals surface area contributed by atoms with Crippen LogP contribution in [0.1, 0.15) is 28.4 Å². The number of anilines is 1. The summed E-state index contributed by atoms with van der Waals surface area (Å²) in [4.78, 5) is 20.9. The van der Waals surface area contributed by atoms with E-state index in [1.165, 1.54) is 11.3 Å². The summed E-state index contributed by atoms with van der Waals surface area (Å²) in [5.74, 6) is 0.827. The molecule has 0 fully saturated rings. The Morgan fingerprint density at radius 1 is 1.03 bits per heavy atom. The van der Waals surface area contributed by atoms with Crippen LogP contribution in [0, 0.1) is 0 Å². The Morgan fingerprint density at radius 3 is 2.47 bits per heavy atom. The lowest BCUT2D eigenvalue weighted by Gasteiger charge is -2.18. The smallest absolute Gasteiger partial charge is 0.253 e. The summed E-state index contributed by atoms with van der Waals surface area (Å²) in [5, 5.41) is 6.71. The molecule has 0 atom stereocenters. The van der Waals surface area contributed by atoms with Crippen LogP contribution in [0.4, 0.5) is 5.69 Å². The molecular formula is C25H34IN5O. The molecule has 0 unspecified atom stereocenters. The third-order valence-corrected chi connectivity index (χ3v) is 5.14. The first-order valence-electron chi connectivity index (χ1n) is 10.9. The Hall–Kier alpha value is -2.55. The Kier molecular flexibility index (Phi) is 10.5. The number of nitrogens with zero attached hydrogens (tertiary/aromatic N) is 3. The predicted molar refractivity (Wildman–Crippen MR) is 144 cm³/mol. The minimum Gasteiger partial charge on any atom is -0.364 e. The monoisotopic (exact) mass is 547 g/mol. The van der Waals surface area contributed by atoms with Crippen LogP contribution in [0.25, 0.3) is 0 Å². The summed E-state index contributed by atoms with van der Waals surface area (Å²) < 4.78 is 0. The Bertz CT molecular complexity index is 933. The molecule has 6 nitrogen and oxygen atoms in total. The van der Waals surface area contributed by atoms with Crippen molar-refractivity contribution in [1.82, 2.24) is 15.5 Å². The molecule has 0 spiro atoms. The van der Waals surface area contributed by atoms with Gasteiger partial charge in [-0.25, -0.2) is 4.99 Å². The van der Waals surface area contributed by atoms with Gasteiger partial charge in [-0.3, -0.25) is 4.79 Å². The minimum absolute atomic E-state index is 0. The van der Waals surface area contributed by atoms with Crippen molar-refractivity contribution < 1.29 is 4.79 Å². The number of rotatable bonds is 8. The molecule has 0 saturated carbocycles. The van der Waals surface area contributed by atoms with E-state index in [0.717, 1.165) is 49.7 Å². The van der Waals surface area contributed by atoms with E-state index in [2.05, 4.69) is 64.9 Å². The van der Waals surface area contributed by atoms with E-state index >= 15 is 0 Å². The van der Waals surface area contributed by atoms with Crippen LogP contribution in [0.2, 0.25) is 0 Å². The average molecular weight is 547 g/mol. The number of hydrogen-bond donors (Lipinski definition) is 2. The van der Waals surface area contributed by atoms with Crippen LogP contribution in [-0.4, -0.2) is 57.0 Å². The molecule has 3 rings (SSSR count). The third kappa shape index (κ3) is 7.55. The van der Waals surface area contributed by atoms with E-state index in [4.69, 9.17) is 4.99 Å². The molecule has 2 aromatic rings. The standard InChI is InChI=1S/C25H33N5O.HI/c1-4-26-25(27-14-13-20-9-7-11-22(17-20)24(31)29(2)3)28-19-21-10-8-12-23(18-21)30-15-5-6-16-30;/h5-12,17-18H,4,13-16,19H2,1-3H3,(H2,26,27,28);1H. The van der Waals surface area contributed by atoms with E-state index in [1.807, 2.05) is 18.2 Å². The van der Waals surface area contributed by atoms with Gasteiger partial charge in [0, 0.05) is 51.5 Å². The number of aliphatic imine (C=N–C) groups is 1. The summed E-state index contributed by atoms with van der Waals surface area (Å²) in [6.45, 7) is 6.17. The molecule has 1 heterocycles. The van der Waals surface area contributed by atoms with Crippen molar-refractivity contribution in [3.05, 3.63) is 77.4 Å². The Morgan fingerprint density at radius 2 is 1.75 bits per heavy atom. The predicted octanol–water partition coefficient (Wildman–Crippen LogP) is 3.68. The largest absolute Gasteiger partial charge is 0.364 e. The fourth-order valence-corrected chi connectivity index (χ4v) is 3.50. The highest BCUT2D eigenvalue weighted by Crippen LogP contribution is 2.19. The number of benzene rings is 2. The highest BCUT2D eigenvalue weighted by atomic mass is 127. The number of amides is 1. The van der Waals surface area contributed by atoms with E-state index in [-0.39, 0.29) is 29.9 Å². The summed E-state index contributed by atoms with van der Waals surface area (Å²) in [6.07, 6.45) is 5.21. The summed E-state index contributed by atoms with van der Waals surface area (Å²) in [7, 11) is 3.54. The molecule has 1 amide bonds. The number of hydrogen-bond acceptors (Lipinski definition) is 3. The van der Waals surface area contributed by atoms with Crippen molar-refractivity contribution in [1.29, 1.82) is 0 Å². The van der Waals surface area contributed by atoms with Crippen molar-refractivity contribution in [2.75, 3.05) is 45.2 Å². The van der Waals surface area contributed by atoms with Gasteiger partial charge in [-0.2, -0.15) is 0 Å². The van der Waals surface area contributed by atoms with Gasteiger partial charge in [0.25, 0.3) is 5.91 Å². The van der Waals surface area contributed by atoms with Gasteiger partial charge in [0.15, 0.2) is 5.96 Å². The Balaban J connectivity index is 0.00000363. The van der Waals surface area contributed by atoms with E-state index in [1.54, 1.807) is 19.0 Å². The van der Waals surface area contributed by atoms with Crippen molar-refractivity contribution in [3.63, 3.8) is 0 Å². The SMILES string of the molecule is CCNC(=NCc1cccc(N2CC=CC2)c1)NCCc1cccc(C(=O)N(C)C)c1.I. The quantitative estimate of drug-likeness (QED) is 0.229. The molecule has 0 aromatic heterocycles. The zero-order valence-electron chi connectivity index (χ0n) is 19.2. The van der Waals surface area contributed by atoms with E-state index < -0.39 is 0 Å². The molecule has 1 aliphatic heterocycles. The molecule has 0 saturated heterocycles. The van der Waals surface area contributed by atoms with Crippen molar-refractivity contribution in [3.8, 4) is 0 Å². The zero-order chi connectivity index (χ0) is 22.1. The fraction of sp³-hybridized carbons (Fsp3) is 0.360. The third-order valence-electron chi connectivity index (χ3n) is 5.14. The second-order valence-corrected chi connectivity index (χ2v) is 7.82. The first kappa shape index (κ1) is 25.7. The van der Waals surface area contributed by atoms with Gasteiger partial charge >= 0.3 is 0 Å². The van der Waals surface area contributed by atoms with Crippen LogP contribution in [-0.2, 0) is 13.0 Å². The second kappa shape index (κ2) is 13.1. The lowest BCUT2D eigenvalue weighted by Crippen LogP contribution is -2.38. The second-order valence-electron chi connectivity index (χ2n) is 7.82. The average Bonchev–Trinajstić information content (AvgIpc) is 3.32. The normalized spacial score (nSPS) is 13.0. The molecule has 0 radical (unpaired) electrons. The van der Waals surface area contributed by atoms with E-state index in [9.17, 15) is 4.79 Å². The van der Waals surface area contributed by atoms with Gasteiger partial charge in [0.2, 0.25) is 0 Å².